The van der Waals surface area contributed by atoms with Gasteiger partial charge in [-0.3, -0.25) is 4.79 Å². The summed E-state index contributed by atoms with van der Waals surface area (Å²) in [6.45, 7) is 5.00. The Kier molecular flexibility index (Phi) is 5.19. The van der Waals surface area contributed by atoms with Crippen LogP contribution < -0.4 is 5.73 Å². The molecule has 0 atom stereocenters. The van der Waals surface area contributed by atoms with Crippen LogP contribution in [0.1, 0.15) is 25.7 Å². The Hall–Kier alpha value is -0.650. The summed E-state index contributed by atoms with van der Waals surface area (Å²) >= 11 is 0. The van der Waals surface area contributed by atoms with Crippen molar-refractivity contribution in [1.82, 2.24) is 4.90 Å². The number of piperidine rings is 1. The number of esters is 1. The lowest BCUT2D eigenvalue weighted by atomic mass is 9.79. The third-order valence-electron chi connectivity index (χ3n) is 4.64. The quantitative estimate of drug-likeness (QED) is 0.759. The number of nitrogens with two attached hydrogens (primary N) is 1. The molecule has 0 aromatic heterocycles. The van der Waals surface area contributed by atoms with Gasteiger partial charge in [-0.15, -0.1) is 0 Å². The van der Waals surface area contributed by atoms with Crippen LogP contribution in [0.15, 0.2) is 0 Å². The minimum absolute atomic E-state index is 0.0725. The molecular weight excluding hydrogens is 244 g/mol. The normalized spacial score (nSPS) is 25.2. The molecule has 2 rings (SSSR count). The highest BCUT2D eigenvalue weighted by Gasteiger charge is 2.42. The Bertz CT molecular complexity index is 295. The van der Waals surface area contributed by atoms with Gasteiger partial charge in [0, 0.05) is 19.8 Å². The predicted octanol–water partition coefficient (Wildman–Crippen LogP) is 0.627. The van der Waals surface area contributed by atoms with Crippen molar-refractivity contribution in [2.45, 2.75) is 25.7 Å². The second kappa shape index (κ2) is 6.68. The molecule has 2 saturated heterocycles. The van der Waals surface area contributed by atoms with E-state index < -0.39 is 0 Å². The van der Waals surface area contributed by atoms with Gasteiger partial charge in [-0.05, 0) is 51.2 Å². The Morgan fingerprint density at radius 3 is 2.53 bits per heavy atom. The molecule has 0 aliphatic carbocycles. The molecule has 0 aromatic rings. The highest BCUT2D eigenvalue weighted by Crippen LogP contribution is 2.34. The number of ether oxygens (including phenoxy) is 2. The van der Waals surface area contributed by atoms with Gasteiger partial charge in [0.05, 0.1) is 12.5 Å². The Labute approximate surface area is 115 Å². The van der Waals surface area contributed by atoms with Crippen molar-refractivity contribution in [2.75, 3.05) is 46.5 Å². The minimum atomic E-state index is -0.359. The van der Waals surface area contributed by atoms with Crippen LogP contribution >= 0.6 is 0 Å². The Morgan fingerprint density at radius 1 is 1.37 bits per heavy atom. The summed E-state index contributed by atoms with van der Waals surface area (Å²) in [5.74, 6) is 0.580. The van der Waals surface area contributed by atoms with Crippen LogP contribution in [0, 0.1) is 11.3 Å². The summed E-state index contributed by atoms with van der Waals surface area (Å²) in [5, 5.41) is 0. The summed E-state index contributed by atoms with van der Waals surface area (Å²) in [4.78, 5) is 14.6. The van der Waals surface area contributed by atoms with Crippen molar-refractivity contribution in [3.05, 3.63) is 0 Å². The second-order valence-corrected chi connectivity index (χ2v) is 5.84. The lowest BCUT2D eigenvalue weighted by Gasteiger charge is -2.41. The molecule has 19 heavy (non-hydrogen) atoms. The van der Waals surface area contributed by atoms with Gasteiger partial charge in [0.1, 0.15) is 0 Å². The zero-order valence-corrected chi connectivity index (χ0v) is 11.9. The van der Waals surface area contributed by atoms with Gasteiger partial charge in [0.2, 0.25) is 0 Å². The number of carbonyl (C=O) groups excluding carboxylic acids is 1. The van der Waals surface area contributed by atoms with Crippen LogP contribution in [-0.2, 0) is 14.3 Å². The molecule has 0 unspecified atom stereocenters. The lowest BCUT2D eigenvalue weighted by Crippen LogP contribution is -2.49. The lowest BCUT2D eigenvalue weighted by molar-refractivity contribution is -0.160. The fraction of sp³-hybridized carbons (Fsp3) is 0.929. The number of likely N-dealkylation sites (tertiary alicyclic amines) is 1. The van der Waals surface area contributed by atoms with Crippen molar-refractivity contribution in [3.63, 3.8) is 0 Å². The molecule has 2 fully saturated rings. The third-order valence-corrected chi connectivity index (χ3v) is 4.64. The maximum absolute atomic E-state index is 12.2. The van der Waals surface area contributed by atoms with Crippen LogP contribution in [0.2, 0.25) is 0 Å². The SMILES string of the molecule is COC(=O)C1(CN2CCC(CN)CC2)CCOCC1. The first-order valence-electron chi connectivity index (χ1n) is 7.29. The maximum atomic E-state index is 12.2. The molecule has 0 spiro atoms. The number of nitrogens with zero attached hydrogens (tertiary/aromatic N) is 1. The van der Waals surface area contributed by atoms with Gasteiger partial charge in [0.25, 0.3) is 0 Å². The van der Waals surface area contributed by atoms with Crippen molar-refractivity contribution in [2.24, 2.45) is 17.1 Å². The molecule has 5 nitrogen and oxygen atoms in total. The van der Waals surface area contributed by atoms with Crippen LogP contribution in [0.25, 0.3) is 0 Å². The second-order valence-electron chi connectivity index (χ2n) is 5.84. The monoisotopic (exact) mass is 270 g/mol. The molecule has 0 radical (unpaired) electrons. The molecule has 0 amide bonds. The molecule has 5 heteroatoms. The minimum Gasteiger partial charge on any atom is -0.469 e. The van der Waals surface area contributed by atoms with Crippen LogP contribution in [0.5, 0.6) is 0 Å². The first-order chi connectivity index (χ1) is 9.20. The summed E-state index contributed by atoms with van der Waals surface area (Å²) < 4.78 is 10.4. The van der Waals surface area contributed by atoms with E-state index in [1.807, 2.05) is 0 Å². The van der Waals surface area contributed by atoms with E-state index in [0.717, 1.165) is 51.9 Å². The van der Waals surface area contributed by atoms with Gasteiger partial charge in [-0.25, -0.2) is 0 Å². The van der Waals surface area contributed by atoms with E-state index in [9.17, 15) is 4.79 Å². The number of hydrogen-bond acceptors (Lipinski definition) is 5. The zero-order chi connectivity index (χ0) is 13.7. The summed E-state index contributed by atoms with van der Waals surface area (Å²) in [6.07, 6.45) is 3.83. The van der Waals surface area contributed by atoms with Crippen molar-refractivity contribution in [1.29, 1.82) is 0 Å². The molecule has 0 aromatic carbocycles. The molecule has 110 valence electrons. The highest BCUT2D eigenvalue weighted by molar-refractivity contribution is 5.77. The fourth-order valence-corrected chi connectivity index (χ4v) is 3.21. The van der Waals surface area contributed by atoms with Gasteiger partial charge >= 0.3 is 5.97 Å². The zero-order valence-electron chi connectivity index (χ0n) is 11.9. The van der Waals surface area contributed by atoms with E-state index in [2.05, 4.69) is 4.90 Å². The van der Waals surface area contributed by atoms with Gasteiger partial charge in [-0.1, -0.05) is 0 Å². The summed E-state index contributed by atoms with van der Waals surface area (Å²) in [5.41, 5.74) is 5.36. The molecule has 2 aliphatic rings. The Balaban J connectivity index is 1.95. The van der Waals surface area contributed by atoms with Crippen LogP contribution in [0.4, 0.5) is 0 Å². The third kappa shape index (κ3) is 3.46. The maximum Gasteiger partial charge on any atom is 0.313 e. The molecule has 0 saturated carbocycles. The van der Waals surface area contributed by atoms with Gasteiger partial charge < -0.3 is 20.1 Å². The van der Waals surface area contributed by atoms with Crippen molar-refractivity contribution in [3.8, 4) is 0 Å². The number of carbonyl (C=O) groups is 1. The first kappa shape index (κ1) is 14.8. The van der Waals surface area contributed by atoms with Gasteiger partial charge in [-0.2, -0.15) is 0 Å². The smallest absolute Gasteiger partial charge is 0.313 e. The van der Waals surface area contributed by atoms with Crippen LogP contribution in [-0.4, -0.2) is 57.4 Å². The summed E-state index contributed by atoms with van der Waals surface area (Å²) in [7, 11) is 1.49. The standard InChI is InChI=1S/C14H26N2O3/c1-18-13(17)14(4-8-19-9-5-14)11-16-6-2-12(10-15)3-7-16/h12H,2-11,15H2,1H3. The van der Waals surface area contributed by atoms with E-state index in [1.54, 1.807) is 0 Å². The van der Waals surface area contributed by atoms with E-state index in [1.165, 1.54) is 7.11 Å². The van der Waals surface area contributed by atoms with Crippen LogP contribution in [0.3, 0.4) is 0 Å². The van der Waals surface area contributed by atoms with E-state index in [-0.39, 0.29) is 11.4 Å². The van der Waals surface area contributed by atoms with E-state index >= 15 is 0 Å². The average molecular weight is 270 g/mol. The summed E-state index contributed by atoms with van der Waals surface area (Å²) in [6, 6.07) is 0. The molecule has 2 N–H and O–H groups in total. The van der Waals surface area contributed by atoms with E-state index in [0.29, 0.717) is 19.1 Å². The Morgan fingerprint density at radius 2 is 2.00 bits per heavy atom. The van der Waals surface area contributed by atoms with Crippen molar-refractivity contribution < 1.29 is 14.3 Å². The first-order valence-corrected chi connectivity index (χ1v) is 7.29. The molecule has 2 heterocycles. The molecular formula is C14H26N2O3. The topological polar surface area (TPSA) is 64.8 Å². The average Bonchev–Trinajstić information content (AvgIpc) is 2.48. The largest absolute Gasteiger partial charge is 0.469 e. The highest BCUT2D eigenvalue weighted by atomic mass is 16.5. The van der Waals surface area contributed by atoms with Gasteiger partial charge in [0.15, 0.2) is 0 Å². The number of rotatable bonds is 4. The van der Waals surface area contributed by atoms with Crippen molar-refractivity contribution >= 4 is 5.97 Å². The molecule has 0 bridgehead atoms. The molecule has 2 aliphatic heterocycles. The van der Waals surface area contributed by atoms with E-state index in [4.69, 9.17) is 15.2 Å². The number of methoxy groups -OCH3 is 1. The fourth-order valence-electron chi connectivity index (χ4n) is 3.21. The number of hydrogen-bond donors (Lipinski definition) is 1. The predicted molar refractivity (Wildman–Crippen MR) is 72.7 cm³/mol.